The van der Waals surface area contributed by atoms with Gasteiger partial charge in [0.05, 0.1) is 17.1 Å². The van der Waals surface area contributed by atoms with Crippen LogP contribution in [0.5, 0.6) is 0 Å². The first-order chi connectivity index (χ1) is 15.6. The number of benzene rings is 1. The third kappa shape index (κ3) is 6.44. The number of carboxylic acid groups (broad SMARTS) is 1. The number of thiocarbonyl (C=S) groups is 1. The van der Waals surface area contributed by atoms with Crippen LogP contribution in [0.4, 0.5) is 13.2 Å². The molecule has 5 nitrogen and oxygen atoms in total. The van der Waals surface area contributed by atoms with E-state index in [-0.39, 0.29) is 17.9 Å². The van der Waals surface area contributed by atoms with Crippen molar-refractivity contribution in [3.63, 3.8) is 0 Å². The summed E-state index contributed by atoms with van der Waals surface area (Å²) in [6, 6.07) is 4.89. The number of thiophene rings is 1. The summed E-state index contributed by atoms with van der Waals surface area (Å²) in [6.07, 6.45) is -0.921. The highest BCUT2D eigenvalue weighted by Gasteiger charge is 2.32. The molecule has 1 fully saturated rings. The number of alkyl halides is 3. The van der Waals surface area contributed by atoms with Crippen LogP contribution in [-0.2, 0) is 22.4 Å². The van der Waals surface area contributed by atoms with E-state index in [9.17, 15) is 27.9 Å². The predicted molar refractivity (Wildman–Crippen MR) is 127 cm³/mol. The molecule has 11 heteroatoms. The number of thioether (sulfide) groups is 1. The molecule has 3 rings (SSSR count). The molecule has 1 amide bonds. The molecule has 1 aromatic carbocycles. The summed E-state index contributed by atoms with van der Waals surface area (Å²) >= 11 is 7.73. The number of rotatable bonds is 9. The number of unbranched alkanes of at least 4 members (excludes halogenated alkanes) is 2. The van der Waals surface area contributed by atoms with E-state index < -0.39 is 24.3 Å². The topological polar surface area (TPSA) is 77.8 Å². The minimum atomic E-state index is -4.50. The van der Waals surface area contributed by atoms with Gasteiger partial charge in [-0.1, -0.05) is 36.5 Å². The number of carbonyl (C=O) groups excluding carboxylic acids is 1. The van der Waals surface area contributed by atoms with Gasteiger partial charge in [0.1, 0.15) is 4.32 Å². The Morgan fingerprint density at radius 2 is 1.94 bits per heavy atom. The van der Waals surface area contributed by atoms with Crippen molar-refractivity contribution < 1.29 is 33.0 Å². The van der Waals surface area contributed by atoms with Crippen LogP contribution < -0.4 is 0 Å². The largest absolute Gasteiger partial charge is 0.481 e. The Bertz CT molecular complexity index is 1090. The van der Waals surface area contributed by atoms with Gasteiger partial charge < -0.3 is 10.2 Å². The molecule has 2 N–H and O–H groups in total. The van der Waals surface area contributed by atoms with Crippen molar-refractivity contribution in [2.75, 3.05) is 6.54 Å². The molecule has 1 saturated heterocycles. The number of aliphatic hydroxyl groups is 1. The van der Waals surface area contributed by atoms with Crippen molar-refractivity contribution in [3.05, 3.63) is 50.6 Å². The highest BCUT2D eigenvalue weighted by molar-refractivity contribution is 8.26. The Labute approximate surface area is 201 Å². The number of carboxylic acids is 1. The predicted octanol–water partition coefficient (Wildman–Crippen LogP) is 5.77. The average Bonchev–Trinajstić information content (AvgIpc) is 3.32. The summed E-state index contributed by atoms with van der Waals surface area (Å²) in [4.78, 5) is 25.9. The Kier molecular flexibility index (Phi) is 8.33. The number of carbonyl (C=O) groups is 2. The Morgan fingerprint density at radius 1 is 1.18 bits per heavy atom. The van der Waals surface area contributed by atoms with Gasteiger partial charge in [0.15, 0.2) is 0 Å². The highest BCUT2D eigenvalue weighted by Crippen LogP contribution is 2.38. The van der Waals surface area contributed by atoms with Crippen molar-refractivity contribution >= 4 is 57.6 Å². The van der Waals surface area contributed by atoms with Crippen LogP contribution in [0.3, 0.4) is 0 Å². The van der Waals surface area contributed by atoms with E-state index in [1.807, 2.05) is 0 Å². The molecule has 0 bridgehead atoms. The Morgan fingerprint density at radius 3 is 2.61 bits per heavy atom. The first-order valence-electron chi connectivity index (χ1n) is 9.97. The van der Waals surface area contributed by atoms with Crippen molar-refractivity contribution in [1.29, 1.82) is 0 Å². The van der Waals surface area contributed by atoms with E-state index in [4.69, 9.17) is 17.3 Å². The molecule has 1 aliphatic rings. The third-order valence-electron chi connectivity index (χ3n) is 4.96. The number of hydrogen-bond donors (Lipinski definition) is 2. The van der Waals surface area contributed by atoms with Crippen molar-refractivity contribution in [2.45, 2.75) is 38.5 Å². The zero-order chi connectivity index (χ0) is 24.2. The van der Waals surface area contributed by atoms with E-state index in [0.29, 0.717) is 51.0 Å². The highest BCUT2D eigenvalue weighted by atomic mass is 32.2. The van der Waals surface area contributed by atoms with Crippen molar-refractivity contribution in [1.82, 2.24) is 4.90 Å². The van der Waals surface area contributed by atoms with Gasteiger partial charge in [0.25, 0.3) is 5.91 Å². The molecule has 0 saturated carbocycles. The summed E-state index contributed by atoms with van der Waals surface area (Å²) < 4.78 is 39.8. The minimum Gasteiger partial charge on any atom is -0.481 e. The second-order valence-corrected chi connectivity index (χ2v) is 9.92. The smallest absolute Gasteiger partial charge is 0.416 e. The average molecular weight is 516 g/mol. The second kappa shape index (κ2) is 10.8. The molecule has 2 aromatic rings. The van der Waals surface area contributed by atoms with Gasteiger partial charge >= 0.3 is 12.1 Å². The lowest BCUT2D eigenvalue weighted by Crippen LogP contribution is -2.29. The third-order valence-corrected chi connectivity index (χ3v) is 7.22. The lowest BCUT2D eigenvalue weighted by Gasteiger charge is -2.13. The van der Waals surface area contributed by atoms with Crippen LogP contribution in [-0.4, -0.2) is 37.9 Å². The number of nitrogens with zero attached hydrogens (tertiary/aromatic N) is 1. The van der Waals surface area contributed by atoms with Gasteiger partial charge in [-0.3, -0.25) is 14.5 Å². The fourth-order valence-corrected chi connectivity index (χ4v) is 5.49. The fourth-order valence-electron chi connectivity index (χ4n) is 3.27. The van der Waals surface area contributed by atoms with Gasteiger partial charge in [0, 0.05) is 17.8 Å². The molecule has 0 spiro atoms. The van der Waals surface area contributed by atoms with Crippen LogP contribution in [0.25, 0.3) is 17.2 Å². The van der Waals surface area contributed by atoms with E-state index in [1.165, 1.54) is 22.3 Å². The maximum absolute atomic E-state index is 13.1. The summed E-state index contributed by atoms with van der Waals surface area (Å²) in [5, 5.41) is 19.9. The monoisotopic (exact) mass is 515 g/mol. The zero-order valence-electron chi connectivity index (χ0n) is 17.2. The SMILES string of the molecule is O=C(O)CCCCCN1C(=O)/C(=C/c2cc(-c3cc(C(F)(F)F)ccc3CO)cs2)SC1=S. The summed E-state index contributed by atoms with van der Waals surface area (Å²) in [5.41, 5.74) is 0.390. The quantitative estimate of drug-likeness (QED) is 0.251. The molecule has 1 aromatic heterocycles. The number of aliphatic carboxylic acids is 1. The van der Waals surface area contributed by atoms with Crippen LogP contribution in [0, 0.1) is 0 Å². The molecule has 0 unspecified atom stereocenters. The molecular formula is C22H20F3NO4S3. The fraction of sp³-hybridized carbons (Fsp3) is 0.318. The summed E-state index contributed by atoms with van der Waals surface area (Å²) in [6.45, 7) is 0.00514. The zero-order valence-corrected chi connectivity index (χ0v) is 19.7. The minimum absolute atomic E-state index is 0.0862. The van der Waals surface area contributed by atoms with Crippen LogP contribution in [0.1, 0.15) is 41.7 Å². The molecule has 0 radical (unpaired) electrons. The van der Waals surface area contributed by atoms with E-state index in [0.717, 1.165) is 23.9 Å². The van der Waals surface area contributed by atoms with Gasteiger partial charge in [-0.05, 0) is 59.2 Å². The number of aliphatic hydroxyl groups excluding tert-OH is 1. The van der Waals surface area contributed by atoms with E-state index in [2.05, 4.69) is 0 Å². The van der Waals surface area contributed by atoms with Crippen LogP contribution in [0.2, 0.25) is 0 Å². The summed E-state index contributed by atoms with van der Waals surface area (Å²) in [5.74, 6) is -1.09. The van der Waals surface area contributed by atoms with Crippen LogP contribution >= 0.6 is 35.3 Å². The van der Waals surface area contributed by atoms with Gasteiger partial charge in [-0.2, -0.15) is 13.2 Å². The Hall–Kier alpha value is -2.21. The lowest BCUT2D eigenvalue weighted by molar-refractivity contribution is -0.138. The molecule has 2 heterocycles. The Balaban J connectivity index is 1.74. The first-order valence-corrected chi connectivity index (χ1v) is 12.1. The number of hydrogen-bond acceptors (Lipinski definition) is 6. The van der Waals surface area contributed by atoms with Crippen molar-refractivity contribution in [3.8, 4) is 11.1 Å². The number of halogens is 3. The normalized spacial score (nSPS) is 15.6. The molecule has 176 valence electrons. The molecule has 33 heavy (non-hydrogen) atoms. The second-order valence-electron chi connectivity index (χ2n) is 7.30. The number of amides is 1. The van der Waals surface area contributed by atoms with Crippen molar-refractivity contribution in [2.24, 2.45) is 0 Å². The van der Waals surface area contributed by atoms with E-state index in [1.54, 1.807) is 17.5 Å². The molecular weight excluding hydrogens is 495 g/mol. The molecule has 0 aliphatic carbocycles. The lowest BCUT2D eigenvalue weighted by atomic mass is 9.99. The molecule has 1 aliphatic heterocycles. The maximum atomic E-state index is 13.1. The van der Waals surface area contributed by atoms with Crippen LogP contribution in [0.15, 0.2) is 34.6 Å². The standard InChI is InChI=1S/C22H20F3NO4S3/c23-22(24,25)15-6-5-13(11-27)17(9-15)14-8-16(32-12-14)10-18-20(30)26(21(31)33-18)7-3-1-2-4-19(28)29/h5-6,8-10,12,27H,1-4,7,11H2,(H,28,29)/b18-10-. The van der Waals surface area contributed by atoms with Gasteiger partial charge in [-0.25, -0.2) is 0 Å². The van der Waals surface area contributed by atoms with Gasteiger partial charge in [0.2, 0.25) is 0 Å². The molecule has 0 atom stereocenters. The summed E-state index contributed by atoms with van der Waals surface area (Å²) in [7, 11) is 0. The van der Waals surface area contributed by atoms with Gasteiger partial charge in [-0.15, -0.1) is 11.3 Å². The first kappa shape index (κ1) is 25.4. The maximum Gasteiger partial charge on any atom is 0.416 e. The van der Waals surface area contributed by atoms with E-state index >= 15 is 0 Å².